The SMILES string of the molecule is COc1ccc(CCC(=O)NCCc2csc(-c3ccncc3)n2)cc1. The largest absolute Gasteiger partial charge is 0.497 e. The van der Waals surface area contributed by atoms with Crippen molar-refractivity contribution in [3.8, 4) is 16.3 Å². The highest BCUT2D eigenvalue weighted by Crippen LogP contribution is 2.22. The molecule has 3 aromatic rings. The third-order valence-corrected chi connectivity index (χ3v) is 4.92. The Labute approximate surface area is 157 Å². The number of nitrogens with one attached hydrogen (secondary N) is 1. The maximum atomic E-state index is 12.0. The first kappa shape index (κ1) is 18.1. The quantitative estimate of drug-likeness (QED) is 0.662. The van der Waals surface area contributed by atoms with E-state index in [0.29, 0.717) is 13.0 Å². The fourth-order valence-electron chi connectivity index (χ4n) is 2.52. The Kier molecular flexibility index (Phi) is 6.33. The van der Waals surface area contributed by atoms with Crippen LogP contribution < -0.4 is 10.1 Å². The second-order valence-electron chi connectivity index (χ2n) is 5.83. The third-order valence-electron chi connectivity index (χ3n) is 3.98. The summed E-state index contributed by atoms with van der Waals surface area (Å²) in [6.45, 7) is 0.598. The van der Waals surface area contributed by atoms with Gasteiger partial charge < -0.3 is 10.1 Å². The van der Waals surface area contributed by atoms with Crippen LogP contribution in [-0.2, 0) is 17.6 Å². The fraction of sp³-hybridized carbons (Fsp3) is 0.250. The van der Waals surface area contributed by atoms with Crippen molar-refractivity contribution in [3.05, 3.63) is 65.4 Å². The highest BCUT2D eigenvalue weighted by atomic mass is 32.1. The number of hydrogen-bond acceptors (Lipinski definition) is 5. The Morgan fingerprint density at radius 3 is 2.62 bits per heavy atom. The molecule has 0 spiro atoms. The van der Waals surface area contributed by atoms with Crippen molar-refractivity contribution in [2.24, 2.45) is 0 Å². The summed E-state index contributed by atoms with van der Waals surface area (Å²) in [5.74, 6) is 0.887. The van der Waals surface area contributed by atoms with Crippen LogP contribution in [0.15, 0.2) is 54.2 Å². The molecule has 2 heterocycles. The van der Waals surface area contributed by atoms with Crippen molar-refractivity contribution in [3.63, 3.8) is 0 Å². The molecule has 5 nitrogen and oxygen atoms in total. The lowest BCUT2D eigenvalue weighted by molar-refractivity contribution is -0.121. The Bertz CT molecular complexity index is 832. The van der Waals surface area contributed by atoms with Gasteiger partial charge >= 0.3 is 0 Å². The van der Waals surface area contributed by atoms with Crippen LogP contribution in [0.5, 0.6) is 5.75 Å². The van der Waals surface area contributed by atoms with Gasteiger partial charge in [-0.1, -0.05) is 12.1 Å². The molecule has 0 aliphatic rings. The zero-order chi connectivity index (χ0) is 18.2. The number of benzene rings is 1. The summed E-state index contributed by atoms with van der Waals surface area (Å²) < 4.78 is 5.13. The van der Waals surface area contributed by atoms with Gasteiger partial charge in [0.2, 0.25) is 5.91 Å². The molecule has 0 saturated heterocycles. The van der Waals surface area contributed by atoms with E-state index in [9.17, 15) is 4.79 Å². The molecule has 26 heavy (non-hydrogen) atoms. The first-order valence-corrected chi connectivity index (χ1v) is 9.37. The Balaban J connectivity index is 1.40. The highest BCUT2D eigenvalue weighted by Gasteiger charge is 2.06. The van der Waals surface area contributed by atoms with Crippen molar-refractivity contribution in [1.29, 1.82) is 0 Å². The summed E-state index contributed by atoms with van der Waals surface area (Å²) in [5, 5.41) is 5.98. The molecular formula is C20H21N3O2S. The number of carbonyl (C=O) groups excluding carboxylic acids is 1. The number of aryl methyl sites for hydroxylation is 1. The lowest BCUT2D eigenvalue weighted by atomic mass is 10.1. The second kappa shape index (κ2) is 9.10. The number of aromatic nitrogens is 2. The van der Waals surface area contributed by atoms with Crippen LogP contribution in [-0.4, -0.2) is 29.5 Å². The van der Waals surface area contributed by atoms with E-state index in [1.165, 1.54) is 0 Å². The van der Waals surface area contributed by atoms with E-state index in [-0.39, 0.29) is 5.91 Å². The number of methoxy groups -OCH3 is 1. The first-order chi connectivity index (χ1) is 12.7. The Morgan fingerprint density at radius 1 is 1.12 bits per heavy atom. The number of hydrogen-bond donors (Lipinski definition) is 1. The topological polar surface area (TPSA) is 64.1 Å². The zero-order valence-corrected chi connectivity index (χ0v) is 15.5. The van der Waals surface area contributed by atoms with Gasteiger partial charge in [-0.15, -0.1) is 11.3 Å². The molecule has 6 heteroatoms. The van der Waals surface area contributed by atoms with Gasteiger partial charge in [-0.05, 0) is 36.2 Å². The van der Waals surface area contributed by atoms with Crippen molar-refractivity contribution in [2.45, 2.75) is 19.3 Å². The van der Waals surface area contributed by atoms with Crippen LogP contribution in [0.2, 0.25) is 0 Å². The van der Waals surface area contributed by atoms with Gasteiger partial charge in [0.15, 0.2) is 0 Å². The molecule has 0 aliphatic heterocycles. The van der Waals surface area contributed by atoms with Crippen molar-refractivity contribution in [2.75, 3.05) is 13.7 Å². The van der Waals surface area contributed by atoms with Gasteiger partial charge in [0, 0.05) is 42.7 Å². The van der Waals surface area contributed by atoms with Gasteiger partial charge in [-0.3, -0.25) is 9.78 Å². The van der Waals surface area contributed by atoms with E-state index in [1.807, 2.05) is 41.8 Å². The van der Waals surface area contributed by atoms with E-state index >= 15 is 0 Å². The summed E-state index contributed by atoms with van der Waals surface area (Å²) in [5.41, 5.74) is 3.19. The molecule has 1 aromatic carbocycles. The molecule has 0 saturated carbocycles. The summed E-state index contributed by atoms with van der Waals surface area (Å²) in [7, 11) is 1.64. The number of pyridine rings is 1. The molecule has 0 bridgehead atoms. The average Bonchev–Trinajstić information content (AvgIpc) is 3.16. The fourth-order valence-corrected chi connectivity index (χ4v) is 3.38. The smallest absolute Gasteiger partial charge is 0.220 e. The highest BCUT2D eigenvalue weighted by molar-refractivity contribution is 7.13. The van der Waals surface area contributed by atoms with E-state index in [2.05, 4.69) is 15.3 Å². The molecule has 3 rings (SSSR count). The summed E-state index contributed by atoms with van der Waals surface area (Å²) in [4.78, 5) is 20.6. The van der Waals surface area contributed by atoms with Gasteiger partial charge in [0.25, 0.3) is 0 Å². The molecule has 0 aliphatic carbocycles. The van der Waals surface area contributed by atoms with Crippen molar-refractivity contribution < 1.29 is 9.53 Å². The van der Waals surface area contributed by atoms with E-state index < -0.39 is 0 Å². The first-order valence-electron chi connectivity index (χ1n) is 8.49. The van der Waals surface area contributed by atoms with Crippen molar-refractivity contribution >= 4 is 17.2 Å². The van der Waals surface area contributed by atoms with Crippen LogP contribution in [0.3, 0.4) is 0 Å². The monoisotopic (exact) mass is 367 g/mol. The van der Waals surface area contributed by atoms with E-state index in [1.54, 1.807) is 30.8 Å². The Morgan fingerprint density at radius 2 is 1.88 bits per heavy atom. The summed E-state index contributed by atoms with van der Waals surface area (Å²) >= 11 is 1.61. The number of ether oxygens (including phenoxy) is 1. The lowest BCUT2D eigenvalue weighted by Crippen LogP contribution is -2.25. The van der Waals surface area contributed by atoms with Crippen LogP contribution in [0.25, 0.3) is 10.6 Å². The zero-order valence-electron chi connectivity index (χ0n) is 14.6. The molecule has 1 amide bonds. The lowest BCUT2D eigenvalue weighted by Gasteiger charge is -2.05. The second-order valence-corrected chi connectivity index (χ2v) is 6.69. The third kappa shape index (κ3) is 5.13. The average molecular weight is 367 g/mol. The summed E-state index contributed by atoms with van der Waals surface area (Å²) in [6.07, 6.45) is 5.46. The minimum atomic E-state index is 0.0606. The standard InChI is InChI=1S/C20H21N3O2S/c1-25-18-5-2-15(3-6-18)4-7-19(24)22-13-10-17-14-26-20(23-17)16-8-11-21-12-9-16/h2-3,5-6,8-9,11-12,14H,4,7,10,13H2,1H3,(H,22,24). The summed E-state index contributed by atoms with van der Waals surface area (Å²) in [6, 6.07) is 11.7. The molecule has 0 unspecified atom stereocenters. The van der Waals surface area contributed by atoms with Crippen LogP contribution in [0.1, 0.15) is 17.7 Å². The van der Waals surface area contributed by atoms with Crippen LogP contribution in [0, 0.1) is 0 Å². The maximum Gasteiger partial charge on any atom is 0.220 e. The number of nitrogens with zero attached hydrogens (tertiary/aromatic N) is 2. The van der Waals surface area contributed by atoms with Gasteiger partial charge in [-0.25, -0.2) is 4.98 Å². The van der Waals surface area contributed by atoms with Crippen LogP contribution >= 0.6 is 11.3 Å². The van der Waals surface area contributed by atoms with Gasteiger partial charge in [-0.2, -0.15) is 0 Å². The number of rotatable bonds is 8. The maximum absolute atomic E-state index is 12.0. The van der Waals surface area contributed by atoms with E-state index in [0.717, 1.165) is 40.4 Å². The number of amides is 1. The predicted molar refractivity (Wildman–Crippen MR) is 103 cm³/mol. The molecule has 1 N–H and O–H groups in total. The molecule has 0 fully saturated rings. The van der Waals surface area contributed by atoms with Crippen LogP contribution in [0.4, 0.5) is 0 Å². The minimum absolute atomic E-state index is 0.0606. The number of thiazole rings is 1. The van der Waals surface area contributed by atoms with Gasteiger partial charge in [0.05, 0.1) is 12.8 Å². The van der Waals surface area contributed by atoms with E-state index in [4.69, 9.17) is 4.74 Å². The number of carbonyl (C=O) groups is 1. The van der Waals surface area contributed by atoms with Gasteiger partial charge in [0.1, 0.15) is 10.8 Å². The molecule has 0 atom stereocenters. The molecule has 134 valence electrons. The molecule has 2 aromatic heterocycles. The molecule has 0 radical (unpaired) electrons. The predicted octanol–water partition coefficient (Wildman–Crippen LogP) is 3.51. The minimum Gasteiger partial charge on any atom is -0.497 e. The Hall–Kier alpha value is -2.73. The normalized spacial score (nSPS) is 10.5. The molecular weight excluding hydrogens is 346 g/mol. The van der Waals surface area contributed by atoms with Crippen molar-refractivity contribution in [1.82, 2.24) is 15.3 Å².